The van der Waals surface area contributed by atoms with Gasteiger partial charge in [0.1, 0.15) is 0 Å². The minimum absolute atomic E-state index is 0.0586. The van der Waals surface area contributed by atoms with Gasteiger partial charge in [0.2, 0.25) is 0 Å². The third-order valence-corrected chi connectivity index (χ3v) is 5.87. The molecule has 0 unspecified atom stereocenters. The van der Waals surface area contributed by atoms with Crippen LogP contribution < -0.4 is 5.32 Å². The molecule has 1 aromatic carbocycles. The van der Waals surface area contributed by atoms with Crippen LogP contribution in [0.25, 0.3) is 0 Å². The van der Waals surface area contributed by atoms with Crippen LogP contribution in [-0.4, -0.2) is 25.0 Å². The number of benzene rings is 1. The molecule has 0 spiro atoms. The first-order chi connectivity index (χ1) is 12.2. The number of nitrogens with one attached hydrogen (secondary N) is 1. The summed E-state index contributed by atoms with van der Waals surface area (Å²) >= 11 is 0. The molecule has 25 heavy (non-hydrogen) atoms. The van der Waals surface area contributed by atoms with Gasteiger partial charge in [-0.15, -0.1) is 0 Å². The molecule has 2 aliphatic carbocycles. The van der Waals surface area contributed by atoms with E-state index in [9.17, 15) is 9.59 Å². The van der Waals surface area contributed by atoms with Crippen LogP contribution in [-0.2, 0) is 19.7 Å². The summed E-state index contributed by atoms with van der Waals surface area (Å²) in [5.74, 6) is 0.0169. The Morgan fingerprint density at radius 1 is 1.04 bits per heavy atom. The topological polar surface area (TPSA) is 55.4 Å². The van der Waals surface area contributed by atoms with Crippen LogP contribution in [0.2, 0.25) is 0 Å². The second-order valence-corrected chi connectivity index (χ2v) is 7.65. The zero-order valence-electron chi connectivity index (χ0n) is 15.0. The van der Waals surface area contributed by atoms with E-state index in [1.165, 1.54) is 31.2 Å². The maximum Gasteiger partial charge on any atom is 0.306 e. The highest BCUT2D eigenvalue weighted by Gasteiger charge is 2.38. The Balaban J connectivity index is 1.39. The Hall–Kier alpha value is -1.84. The molecule has 0 bridgehead atoms. The molecule has 0 heterocycles. The number of rotatable bonds is 7. The standard InChI is InChI=1S/C21H29NO3/c23-19(15-25-20(24)14-17-8-3-1-4-9-17)22-16-21(12-7-13-21)18-10-5-2-6-11-18/h2,5-6,10-11,17H,1,3-4,7-9,12-16H2,(H,22,23). The van der Waals surface area contributed by atoms with Crippen molar-refractivity contribution in [3.63, 3.8) is 0 Å². The highest BCUT2D eigenvalue weighted by atomic mass is 16.5. The Bertz CT molecular complexity index is 574. The Kier molecular flexibility index (Phi) is 6.11. The van der Waals surface area contributed by atoms with Crippen LogP contribution >= 0.6 is 0 Å². The van der Waals surface area contributed by atoms with Crippen LogP contribution in [0.5, 0.6) is 0 Å². The quantitative estimate of drug-likeness (QED) is 0.767. The molecule has 136 valence electrons. The number of hydrogen-bond donors (Lipinski definition) is 1. The maximum atomic E-state index is 12.1. The van der Waals surface area contributed by atoms with Crippen molar-refractivity contribution in [3.05, 3.63) is 35.9 Å². The minimum atomic E-state index is -0.233. The summed E-state index contributed by atoms with van der Waals surface area (Å²) in [6, 6.07) is 10.4. The van der Waals surface area contributed by atoms with Gasteiger partial charge in [0, 0.05) is 18.4 Å². The first kappa shape index (κ1) is 18.0. The zero-order chi connectivity index (χ0) is 17.5. The van der Waals surface area contributed by atoms with E-state index in [-0.39, 0.29) is 23.9 Å². The summed E-state index contributed by atoms with van der Waals surface area (Å²) in [4.78, 5) is 24.0. The largest absolute Gasteiger partial charge is 0.456 e. The fourth-order valence-electron chi connectivity index (χ4n) is 4.11. The van der Waals surface area contributed by atoms with Crippen LogP contribution in [0.4, 0.5) is 0 Å². The zero-order valence-corrected chi connectivity index (χ0v) is 15.0. The lowest BCUT2D eigenvalue weighted by Crippen LogP contribution is -2.46. The molecule has 2 saturated carbocycles. The van der Waals surface area contributed by atoms with Gasteiger partial charge in [-0.2, -0.15) is 0 Å². The molecule has 2 fully saturated rings. The van der Waals surface area contributed by atoms with E-state index in [1.54, 1.807) is 0 Å². The first-order valence-electron chi connectivity index (χ1n) is 9.66. The molecule has 0 radical (unpaired) electrons. The van der Waals surface area contributed by atoms with Crippen molar-refractivity contribution in [3.8, 4) is 0 Å². The average Bonchev–Trinajstić information content (AvgIpc) is 2.61. The van der Waals surface area contributed by atoms with Gasteiger partial charge in [-0.25, -0.2) is 0 Å². The number of carbonyl (C=O) groups excluding carboxylic acids is 2. The van der Waals surface area contributed by atoms with Crippen molar-refractivity contribution < 1.29 is 14.3 Å². The molecule has 0 aliphatic heterocycles. The van der Waals surface area contributed by atoms with Crippen LogP contribution in [0.3, 0.4) is 0 Å². The number of hydrogen-bond acceptors (Lipinski definition) is 3. The summed E-state index contributed by atoms with van der Waals surface area (Å²) in [6.45, 7) is 0.465. The molecule has 1 amide bonds. The maximum absolute atomic E-state index is 12.1. The van der Waals surface area contributed by atoms with Crippen molar-refractivity contribution in [2.45, 2.75) is 63.2 Å². The van der Waals surface area contributed by atoms with E-state index in [0.717, 1.165) is 25.7 Å². The molecule has 0 atom stereocenters. The first-order valence-corrected chi connectivity index (χ1v) is 9.66. The third kappa shape index (κ3) is 4.83. The van der Waals surface area contributed by atoms with E-state index in [0.29, 0.717) is 18.9 Å². The summed E-state index contributed by atoms with van der Waals surface area (Å²) in [5, 5.41) is 2.97. The summed E-state index contributed by atoms with van der Waals surface area (Å²) in [5.41, 5.74) is 1.35. The van der Waals surface area contributed by atoms with E-state index in [1.807, 2.05) is 18.2 Å². The van der Waals surface area contributed by atoms with Gasteiger partial charge in [-0.05, 0) is 37.2 Å². The highest BCUT2D eigenvalue weighted by molar-refractivity contribution is 5.80. The third-order valence-electron chi connectivity index (χ3n) is 5.87. The lowest BCUT2D eigenvalue weighted by Gasteiger charge is -2.42. The molecule has 4 nitrogen and oxygen atoms in total. The van der Waals surface area contributed by atoms with Crippen molar-refractivity contribution in [2.24, 2.45) is 5.92 Å². The van der Waals surface area contributed by atoms with Gasteiger partial charge < -0.3 is 10.1 Å². The number of carbonyl (C=O) groups is 2. The predicted octanol–water partition coefficient (Wildman–Crippen LogP) is 3.74. The smallest absolute Gasteiger partial charge is 0.306 e. The monoisotopic (exact) mass is 343 g/mol. The Morgan fingerprint density at radius 2 is 1.76 bits per heavy atom. The van der Waals surface area contributed by atoms with Crippen LogP contribution in [0.1, 0.15) is 63.4 Å². The molecule has 1 N–H and O–H groups in total. The highest BCUT2D eigenvalue weighted by Crippen LogP contribution is 2.43. The van der Waals surface area contributed by atoms with Gasteiger partial charge in [-0.3, -0.25) is 9.59 Å². The molecular weight excluding hydrogens is 314 g/mol. The Morgan fingerprint density at radius 3 is 2.40 bits per heavy atom. The van der Waals surface area contributed by atoms with E-state index in [4.69, 9.17) is 4.74 Å². The average molecular weight is 343 g/mol. The summed E-state index contributed by atoms with van der Waals surface area (Å²) < 4.78 is 5.18. The number of ether oxygens (including phenoxy) is 1. The lowest BCUT2D eigenvalue weighted by atomic mass is 9.64. The molecule has 3 rings (SSSR count). The lowest BCUT2D eigenvalue weighted by molar-refractivity contribution is -0.149. The SMILES string of the molecule is O=C(COC(=O)CC1CCCCC1)NCC1(c2ccccc2)CCC1. The van der Waals surface area contributed by atoms with Gasteiger partial charge >= 0.3 is 5.97 Å². The van der Waals surface area contributed by atoms with E-state index >= 15 is 0 Å². The Labute approximate surface area is 150 Å². The fourth-order valence-corrected chi connectivity index (χ4v) is 4.11. The van der Waals surface area contributed by atoms with Crippen molar-refractivity contribution in [2.75, 3.05) is 13.2 Å². The second-order valence-electron chi connectivity index (χ2n) is 7.65. The molecule has 2 aliphatic rings. The summed E-state index contributed by atoms with van der Waals surface area (Å²) in [7, 11) is 0. The van der Waals surface area contributed by atoms with Gasteiger partial charge in [0.15, 0.2) is 6.61 Å². The van der Waals surface area contributed by atoms with Gasteiger partial charge in [0.25, 0.3) is 5.91 Å². The minimum Gasteiger partial charge on any atom is -0.456 e. The van der Waals surface area contributed by atoms with Gasteiger partial charge in [-0.1, -0.05) is 56.0 Å². The van der Waals surface area contributed by atoms with E-state index in [2.05, 4.69) is 17.4 Å². The van der Waals surface area contributed by atoms with Crippen LogP contribution in [0, 0.1) is 5.92 Å². The molecule has 0 saturated heterocycles. The fraction of sp³-hybridized carbons (Fsp3) is 0.619. The van der Waals surface area contributed by atoms with Gasteiger partial charge in [0.05, 0.1) is 0 Å². The molecule has 0 aromatic heterocycles. The van der Waals surface area contributed by atoms with E-state index < -0.39 is 0 Å². The molecule has 1 aromatic rings. The molecule has 4 heteroatoms. The second kappa shape index (κ2) is 8.50. The molecular formula is C21H29NO3. The number of esters is 1. The normalized spacial score (nSPS) is 19.7. The predicted molar refractivity (Wildman–Crippen MR) is 97.1 cm³/mol. The number of amides is 1. The summed E-state index contributed by atoms with van der Waals surface area (Å²) in [6.07, 6.45) is 9.76. The van der Waals surface area contributed by atoms with Crippen molar-refractivity contribution >= 4 is 11.9 Å². The van der Waals surface area contributed by atoms with Crippen LogP contribution in [0.15, 0.2) is 30.3 Å². The van der Waals surface area contributed by atoms with Crippen molar-refractivity contribution in [1.82, 2.24) is 5.32 Å². The van der Waals surface area contributed by atoms with Crippen molar-refractivity contribution in [1.29, 1.82) is 0 Å².